The highest BCUT2D eigenvalue weighted by molar-refractivity contribution is 5.86. The van der Waals surface area contributed by atoms with E-state index < -0.39 is 35.1 Å². The molecule has 2 N–H and O–H groups in total. The zero-order valence-corrected chi connectivity index (χ0v) is 13.9. The van der Waals surface area contributed by atoms with E-state index in [1.165, 1.54) is 0 Å². The highest BCUT2D eigenvalue weighted by Gasteiger charge is 2.55. The van der Waals surface area contributed by atoms with Crippen molar-refractivity contribution in [3.8, 4) is 0 Å². The van der Waals surface area contributed by atoms with Gasteiger partial charge in [-0.1, -0.05) is 72.8 Å². The van der Waals surface area contributed by atoms with Crippen LogP contribution in [0.25, 0.3) is 0 Å². The highest BCUT2D eigenvalue weighted by Crippen LogP contribution is 2.52. The molecule has 4 nitrogen and oxygen atoms in total. The second-order valence-corrected chi connectivity index (χ2v) is 6.61. The average molecular weight is 336 g/mol. The van der Waals surface area contributed by atoms with E-state index in [4.69, 9.17) is 0 Å². The van der Waals surface area contributed by atoms with Crippen LogP contribution in [0.3, 0.4) is 0 Å². The van der Waals surface area contributed by atoms with Gasteiger partial charge in [0.2, 0.25) is 0 Å². The maximum Gasteiger partial charge on any atom is 0.311 e. The molecule has 25 heavy (non-hydrogen) atoms. The summed E-state index contributed by atoms with van der Waals surface area (Å²) < 4.78 is 0. The molecule has 4 heteroatoms. The molecule has 4 atom stereocenters. The number of hydrogen-bond acceptors (Lipinski definition) is 2. The molecule has 128 valence electrons. The first kappa shape index (κ1) is 17.0. The van der Waals surface area contributed by atoms with E-state index in [-0.39, 0.29) is 0 Å². The number of aliphatic carboxylic acids is 2. The molecule has 0 unspecified atom stereocenters. The molecule has 0 saturated carbocycles. The zero-order chi connectivity index (χ0) is 18.0. The number of carboxylic acid groups (broad SMARTS) is 2. The Morgan fingerprint density at radius 1 is 0.840 bits per heavy atom. The number of carboxylic acids is 2. The number of allylic oxidation sites excluding steroid dienone is 2. The third-order valence-corrected chi connectivity index (χ3v) is 5.23. The van der Waals surface area contributed by atoms with Gasteiger partial charge in [0.05, 0.1) is 11.3 Å². The molecule has 0 heterocycles. The number of carbonyl (C=O) groups is 2. The van der Waals surface area contributed by atoms with Crippen molar-refractivity contribution in [1.82, 2.24) is 0 Å². The first-order valence-electron chi connectivity index (χ1n) is 8.20. The molecule has 0 aromatic heterocycles. The van der Waals surface area contributed by atoms with E-state index in [0.29, 0.717) is 0 Å². The summed E-state index contributed by atoms with van der Waals surface area (Å²) in [5.74, 6) is -4.25. The van der Waals surface area contributed by atoms with Gasteiger partial charge in [0.15, 0.2) is 0 Å². The predicted molar refractivity (Wildman–Crippen MR) is 94.4 cm³/mol. The maximum atomic E-state index is 12.3. The Morgan fingerprint density at radius 2 is 1.36 bits per heavy atom. The summed E-state index contributed by atoms with van der Waals surface area (Å²) in [5.41, 5.74) is 0.161. The topological polar surface area (TPSA) is 74.6 Å². The van der Waals surface area contributed by atoms with Crippen molar-refractivity contribution in [1.29, 1.82) is 0 Å². The van der Waals surface area contributed by atoms with Crippen LogP contribution in [0.2, 0.25) is 0 Å². The smallest absolute Gasteiger partial charge is 0.311 e. The highest BCUT2D eigenvalue weighted by atomic mass is 16.4. The minimum atomic E-state index is -1.46. The third-order valence-electron chi connectivity index (χ3n) is 5.23. The molecule has 0 aliphatic heterocycles. The third kappa shape index (κ3) is 2.84. The summed E-state index contributed by atoms with van der Waals surface area (Å²) in [5, 5.41) is 19.9. The van der Waals surface area contributed by atoms with E-state index >= 15 is 0 Å². The quantitative estimate of drug-likeness (QED) is 0.830. The molecule has 2 aromatic carbocycles. The Labute approximate surface area is 146 Å². The van der Waals surface area contributed by atoms with Crippen LogP contribution in [-0.2, 0) is 9.59 Å². The van der Waals surface area contributed by atoms with Gasteiger partial charge >= 0.3 is 11.9 Å². The van der Waals surface area contributed by atoms with E-state index in [1.807, 2.05) is 72.8 Å². The van der Waals surface area contributed by atoms with Crippen molar-refractivity contribution in [3.63, 3.8) is 0 Å². The van der Waals surface area contributed by atoms with Gasteiger partial charge in [0.25, 0.3) is 0 Å². The minimum Gasteiger partial charge on any atom is -0.481 e. The van der Waals surface area contributed by atoms with Gasteiger partial charge in [-0.25, -0.2) is 0 Å². The molecule has 2 aromatic rings. The lowest BCUT2D eigenvalue weighted by Crippen LogP contribution is -2.48. The lowest BCUT2D eigenvalue weighted by molar-refractivity contribution is -0.163. The number of benzene rings is 2. The first-order valence-corrected chi connectivity index (χ1v) is 8.20. The summed E-state index contributed by atoms with van der Waals surface area (Å²) in [7, 11) is 0. The molecule has 0 bridgehead atoms. The Hall–Kier alpha value is -2.88. The number of rotatable bonds is 4. The standard InChI is InChI=1S/C21H20O4/c1-21(20(24)25)17(15-10-6-3-7-11-15)13-12-16(18(21)19(22)23)14-8-4-2-5-9-14/h2-13,16-18H,1H3,(H,22,23)(H,24,25)/t16-,17-,18-,21+/m1/s1. The Bertz CT molecular complexity index is 797. The fraction of sp³-hybridized carbons (Fsp3) is 0.238. The zero-order valence-electron chi connectivity index (χ0n) is 13.9. The first-order chi connectivity index (χ1) is 12.0. The van der Waals surface area contributed by atoms with E-state index in [0.717, 1.165) is 11.1 Å². The fourth-order valence-electron chi connectivity index (χ4n) is 3.88. The van der Waals surface area contributed by atoms with Gasteiger partial charge in [-0.05, 0) is 18.1 Å². The molecule has 0 saturated heterocycles. The Balaban J connectivity index is 2.18. The lowest BCUT2D eigenvalue weighted by atomic mass is 9.57. The largest absolute Gasteiger partial charge is 0.481 e. The van der Waals surface area contributed by atoms with Crippen LogP contribution in [0.5, 0.6) is 0 Å². The second kappa shape index (κ2) is 6.55. The molecule has 1 aliphatic carbocycles. The van der Waals surface area contributed by atoms with Gasteiger partial charge in [-0.3, -0.25) is 9.59 Å². The lowest BCUT2D eigenvalue weighted by Gasteiger charge is -2.43. The molecule has 3 rings (SSSR count). The van der Waals surface area contributed by atoms with Crippen LogP contribution in [0, 0.1) is 11.3 Å². The molecular formula is C21H20O4. The Kier molecular flexibility index (Phi) is 4.45. The van der Waals surface area contributed by atoms with Crippen LogP contribution >= 0.6 is 0 Å². The van der Waals surface area contributed by atoms with Crippen LogP contribution in [0.4, 0.5) is 0 Å². The van der Waals surface area contributed by atoms with Crippen molar-refractivity contribution in [2.75, 3.05) is 0 Å². The van der Waals surface area contributed by atoms with Crippen molar-refractivity contribution in [2.24, 2.45) is 11.3 Å². The molecule has 0 radical (unpaired) electrons. The number of hydrogen-bond donors (Lipinski definition) is 2. The van der Waals surface area contributed by atoms with E-state index in [9.17, 15) is 19.8 Å². The van der Waals surface area contributed by atoms with Gasteiger partial charge in [0.1, 0.15) is 0 Å². The van der Waals surface area contributed by atoms with Crippen LogP contribution in [-0.4, -0.2) is 22.2 Å². The monoisotopic (exact) mass is 336 g/mol. The summed E-state index contributed by atoms with van der Waals surface area (Å²) in [4.78, 5) is 24.4. The fourth-order valence-corrected chi connectivity index (χ4v) is 3.88. The molecule has 1 aliphatic rings. The maximum absolute atomic E-state index is 12.3. The van der Waals surface area contributed by atoms with Crippen LogP contribution < -0.4 is 0 Å². The van der Waals surface area contributed by atoms with E-state index in [1.54, 1.807) is 6.92 Å². The van der Waals surface area contributed by atoms with Crippen molar-refractivity contribution >= 4 is 11.9 Å². The summed E-state index contributed by atoms with van der Waals surface area (Å²) in [6.07, 6.45) is 3.69. The van der Waals surface area contributed by atoms with Crippen molar-refractivity contribution < 1.29 is 19.8 Å². The summed E-state index contributed by atoms with van der Waals surface area (Å²) >= 11 is 0. The summed E-state index contributed by atoms with van der Waals surface area (Å²) in [6.45, 7) is 1.55. The Morgan fingerprint density at radius 3 is 1.84 bits per heavy atom. The van der Waals surface area contributed by atoms with E-state index in [2.05, 4.69) is 0 Å². The van der Waals surface area contributed by atoms with Gasteiger partial charge in [-0.15, -0.1) is 0 Å². The van der Waals surface area contributed by atoms with Gasteiger partial charge in [-0.2, -0.15) is 0 Å². The minimum absolute atomic E-state index is 0.486. The second-order valence-electron chi connectivity index (χ2n) is 6.61. The van der Waals surface area contributed by atoms with Crippen molar-refractivity contribution in [2.45, 2.75) is 18.8 Å². The normalized spacial score (nSPS) is 28.4. The van der Waals surface area contributed by atoms with Crippen LogP contribution in [0.15, 0.2) is 72.8 Å². The summed E-state index contributed by atoms with van der Waals surface area (Å²) in [6, 6.07) is 18.4. The van der Waals surface area contributed by atoms with Crippen molar-refractivity contribution in [3.05, 3.63) is 83.9 Å². The SMILES string of the molecule is C[C@]1(C(=O)O)[C@@H](c2ccccc2)C=C[C@H](c2ccccc2)[C@@H]1C(=O)O. The van der Waals surface area contributed by atoms with Crippen LogP contribution in [0.1, 0.15) is 29.9 Å². The molecule has 0 spiro atoms. The molecular weight excluding hydrogens is 316 g/mol. The van der Waals surface area contributed by atoms with Gasteiger partial charge in [0, 0.05) is 11.8 Å². The predicted octanol–water partition coefficient (Wildman–Crippen LogP) is 3.92. The van der Waals surface area contributed by atoms with Gasteiger partial charge < -0.3 is 10.2 Å². The molecule has 0 amide bonds. The average Bonchev–Trinajstić information content (AvgIpc) is 2.62. The molecule has 0 fully saturated rings.